The van der Waals surface area contributed by atoms with Crippen LogP contribution in [0, 0.1) is 0 Å². The van der Waals surface area contributed by atoms with Crippen molar-refractivity contribution in [2.45, 2.75) is 0 Å². The normalized spacial score (nSPS) is 10.9. The van der Waals surface area contributed by atoms with Crippen LogP contribution in [-0.4, -0.2) is 15.0 Å². The third kappa shape index (κ3) is 5.93. The molecule has 0 spiro atoms. The molecule has 3 heteroatoms. The van der Waals surface area contributed by atoms with E-state index in [-0.39, 0.29) is 0 Å². The second-order valence-electron chi connectivity index (χ2n) is 11.7. The molecule has 0 N–H and O–H groups in total. The molecule has 8 aromatic rings. The molecule has 0 atom stereocenters. The molecule has 0 aliphatic carbocycles. The van der Waals surface area contributed by atoms with Crippen LogP contribution in [-0.2, 0) is 0 Å². The minimum atomic E-state index is 0.629. The molecule has 0 aliphatic heterocycles. The zero-order valence-corrected chi connectivity index (χ0v) is 26.2. The molecule has 0 amide bonds. The summed E-state index contributed by atoms with van der Waals surface area (Å²) in [7, 11) is 0. The summed E-state index contributed by atoms with van der Waals surface area (Å²) in [5.41, 5.74) is 11.8. The highest BCUT2D eigenvalue weighted by Gasteiger charge is 2.19. The van der Waals surface area contributed by atoms with Crippen molar-refractivity contribution in [3.63, 3.8) is 0 Å². The molecule has 0 aliphatic rings. The van der Waals surface area contributed by atoms with Crippen LogP contribution in [0.3, 0.4) is 0 Å². The molecule has 0 unspecified atom stereocenters. The number of hydrogen-bond donors (Lipinski definition) is 0. The van der Waals surface area contributed by atoms with Crippen LogP contribution < -0.4 is 0 Å². The molecule has 0 saturated carbocycles. The lowest BCUT2D eigenvalue weighted by Gasteiger charge is -2.16. The lowest BCUT2D eigenvalue weighted by Crippen LogP contribution is -2.02. The van der Waals surface area contributed by atoms with Gasteiger partial charge in [-0.25, -0.2) is 15.0 Å². The summed E-state index contributed by atoms with van der Waals surface area (Å²) in [5.74, 6) is 1.89. The fourth-order valence-electron chi connectivity index (χ4n) is 6.18. The third-order valence-corrected chi connectivity index (χ3v) is 8.57. The lowest BCUT2D eigenvalue weighted by atomic mass is 9.90. The fraction of sp³-hybridized carbons (Fsp3) is 0. The van der Waals surface area contributed by atoms with E-state index in [0.717, 1.165) is 55.6 Å². The van der Waals surface area contributed by atoms with Crippen LogP contribution in [0.25, 0.3) is 78.7 Å². The Morgan fingerprint density at radius 1 is 0.229 bits per heavy atom. The van der Waals surface area contributed by atoms with E-state index in [2.05, 4.69) is 164 Å². The van der Waals surface area contributed by atoms with Gasteiger partial charge in [-0.05, 0) is 45.0 Å². The number of rotatable bonds is 7. The monoisotopic (exact) mass is 613 g/mol. The standard InChI is InChI=1S/C45H31N3/c1-5-15-32(16-6-1)34-27-29-37(30-28-34)43-46-44(39-24-13-23-38(31-39)33-17-7-2-8-18-33)48-45(47-43)41-26-14-25-40(35-19-9-3-10-20-35)42(41)36-21-11-4-12-22-36/h1-31H. The smallest absolute Gasteiger partial charge is 0.164 e. The van der Waals surface area contributed by atoms with Gasteiger partial charge in [0.05, 0.1) is 0 Å². The van der Waals surface area contributed by atoms with Crippen molar-refractivity contribution in [1.82, 2.24) is 15.0 Å². The Labute approximate surface area is 280 Å². The van der Waals surface area contributed by atoms with Gasteiger partial charge in [0.2, 0.25) is 0 Å². The molecule has 3 nitrogen and oxygen atoms in total. The average molecular weight is 614 g/mol. The molecule has 0 radical (unpaired) electrons. The predicted octanol–water partition coefficient (Wildman–Crippen LogP) is 11.5. The van der Waals surface area contributed by atoms with Crippen molar-refractivity contribution in [2.75, 3.05) is 0 Å². The molecule has 48 heavy (non-hydrogen) atoms. The fourth-order valence-corrected chi connectivity index (χ4v) is 6.18. The Morgan fingerprint density at radius 3 is 1.25 bits per heavy atom. The van der Waals surface area contributed by atoms with Crippen molar-refractivity contribution in [2.24, 2.45) is 0 Å². The van der Waals surface area contributed by atoms with Gasteiger partial charge in [-0.3, -0.25) is 0 Å². The first-order valence-electron chi connectivity index (χ1n) is 16.1. The molecule has 0 saturated heterocycles. The summed E-state index contributed by atoms with van der Waals surface area (Å²) in [6.45, 7) is 0. The minimum absolute atomic E-state index is 0.629. The molecule has 1 aromatic heterocycles. The van der Waals surface area contributed by atoms with E-state index in [1.807, 2.05) is 24.3 Å². The van der Waals surface area contributed by atoms with Gasteiger partial charge in [-0.15, -0.1) is 0 Å². The van der Waals surface area contributed by atoms with Crippen LogP contribution in [0.1, 0.15) is 0 Å². The van der Waals surface area contributed by atoms with E-state index < -0.39 is 0 Å². The average Bonchev–Trinajstić information content (AvgIpc) is 3.19. The molecule has 226 valence electrons. The molecular formula is C45H31N3. The Kier molecular flexibility index (Phi) is 7.92. The Bertz CT molecular complexity index is 2300. The van der Waals surface area contributed by atoms with Crippen LogP contribution in [0.2, 0.25) is 0 Å². The van der Waals surface area contributed by atoms with Gasteiger partial charge in [0.1, 0.15) is 0 Å². The highest BCUT2D eigenvalue weighted by atomic mass is 15.0. The minimum Gasteiger partial charge on any atom is -0.208 e. The van der Waals surface area contributed by atoms with Gasteiger partial charge >= 0.3 is 0 Å². The van der Waals surface area contributed by atoms with E-state index in [4.69, 9.17) is 15.0 Å². The van der Waals surface area contributed by atoms with E-state index in [1.54, 1.807) is 0 Å². The molecular weight excluding hydrogens is 583 g/mol. The first kappa shape index (κ1) is 29.0. The predicted molar refractivity (Wildman–Crippen MR) is 198 cm³/mol. The molecule has 0 fully saturated rings. The van der Waals surface area contributed by atoms with Crippen molar-refractivity contribution in [1.29, 1.82) is 0 Å². The van der Waals surface area contributed by atoms with Crippen molar-refractivity contribution < 1.29 is 0 Å². The lowest BCUT2D eigenvalue weighted by molar-refractivity contribution is 1.07. The molecule has 1 heterocycles. The zero-order valence-electron chi connectivity index (χ0n) is 26.2. The highest BCUT2D eigenvalue weighted by molar-refractivity contribution is 5.93. The van der Waals surface area contributed by atoms with Crippen molar-refractivity contribution >= 4 is 0 Å². The summed E-state index contributed by atoms with van der Waals surface area (Å²) in [4.78, 5) is 15.5. The van der Waals surface area contributed by atoms with Crippen LogP contribution in [0.4, 0.5) is 0 Å². The number of aromatic nitrogens is 3. The van der Waals surface area contributed by atoms with Gasteiger partial charge in [-0.1, -0.05) is 182 Å². The van der Waals surface area contributed by atoms with Gasteiger partial charge in [-0.2, -0.15) is 0 Å². The molecule has 0 bridgehead atoms. The maximum Gasteiger partial charge on any atom is 0.164 e. The van der Waals surface area contributed by atoms with Gasteiger partial charge in [0, 0.05) is 22.3 Å². The quantitative estimate of drug-likeness (QED) is 0.179. The summed E-state index contributed by atoms with van der Waals surface area (Å²) >= 11 is 0. The number of benzene rings is 7. The zero-order chi connectivity index (χ0) is 32.1. The first-order chi connectivity index (χ1) is 23.8. The van der Waals surface area contributed by atoms with E-state index in [0.29, 0.717) is 17.5 Å². The van der Waals surface area contributed by atoms with Gasteiger partial charge in [0.15, 0.2) is 17.5 Å². The Balaban J connectivity index is 1.33. The van der Waals surface area contributed by atoms with E-state index >= 15 is 0 Å². The van der Waals surface area contributed by atoms with E-state index in [1.165, 1.54) is 5.56 Å². The molecule has 7 aromatic carbocycles. The second kappa shape index (κ2) is 13.1. The van der Waals surface area contributed by atoms with E-state index in [9.17, 15) is 0 Å². The third-order valence-electron chi connectivity index (χ3n) is 8.57. The van der Waals surface area contributed by atoms with Gasteiger partial charge in [0.25, 0.3) is 0 Å². The van der Waals surface area contributed by atoms with Crippen LogP contribution in [0.15, 0.2) is 188 Å². The summed E-state index contributed by atoms with van der Waals surface area (Å²) in [6.07, 6.45) is 0. The largest absolute Gasteiger partial charge is 0.208 e. The van der Waals surface area contributed by atoms with Crippen molar-refractivity contribution in [3.05, 3.63) is 188 Å². The summed E-state index contributed by atoms with van der Waals surface area (Å²) < 4.78 is 0. The SMILES string of the molecule is c1ccc(-c2ccc(-c3nc(-c4cccc(-c5ccccc5)c4)nc(-c4cccc(-c5ccccc5)c4-c4ccccc4)n3)cc2)cc1. The molecule has 8 rings (SSSR count). The number of nitrogens with zero attached hydrogens (tertiary/aromatic N) is 3. The summed E-state index contributed by atoms with van der Waals surface area (Å²) in [6, 6.07) is 65.1. The maximum absolute atomic E-state index is 5.20. The number of hydrogen-bond acceptors (Lipinski definition) is 3. The van der Waals surface area contributed by atoms with Gasteiger partial charge < -0.3 is 0 Å². The first-order valence-corrected chi connectivity index (χ1v) is 16.1. The highest BCUT2D eigenvalue weighted by Crippen LogP contribution is 2.40. The Morgan fingerprint density at radius 2 is 0.625 bits per heavy atom. The second-order valence-corrected chi connectivity index (χ2v) is 11.7. The summed E-state index contributed by atoms with van der Waals surface area (Å²) in [5, 5.41) is 0. The maximum atomic E-state index is 5.20. The van der Waals surface area contributed by atoms with Crippen LogP contribution >= 0.6 is 0 Å². The topological polar surface area (TPSA) is 38.7 Å². The van der Waals surface area contributed by atoms with Crippen molar-refractivity contribution in [3.8, 4) is 78.7 Å². The Hall–Kier alpha value is -6.45. The van der Waals surface area contributed by atoms with Crippen LogP contribution in [0.5, 0.6) is 0 Å².